The van der Waals surface area contributed by atoms with Crippen molar-refractivity contribution < 1.29 is 14.3 Å². The first-order valence-corrected chi connectivity index (χ1v) is 10.4. The lowest BCUT2D eigenvalue weighted by molar-refractivity contribution is -0.139. The molecule has 0 N–H and O–H groups in total. The van der Waals surface area contributed by atoms with Gasteiger partial charge in [0.05, 0.1) is 11.4 Å². The van der Waals surface area contributed by atoms with E-state index < -0.39 is 5.97 Å². The highest BCUT2D eigenvalue weighted by atomic mass is 32.1. The van der Waals surface area contributed by atoms with E-state index in [9.17, 15) is 9.59 Å². The molecule has 0 aliphatic carbocycles. The van der Waals surface area contributed by atoms with Gasteiger partial charge in [0.25, 0.3) is 0 Å². The number of benzene rings is 1. The van der Waals surface area contributed by atoms with E-state index in [0.717, 1.165) is 21.7 Å². The molecule has 1 amide bonds. The van der Waals surface area contributed by atoms with Crippen molar-refractivity contribution in [3.05, 3.63) is 68.9 Å². The van der Waals surface area contributed by atoms with Gasteiger partial charge < -0.3 is 4.74 Å². The number of aryl methyl sites for hydroxylation is 2. The molecule has 144 valence electrons. The van der Waals surface area contributed by atoms with Crippen LogP contribution in [0.5, 0.6) is 0 Å². The zero-order chi connectivity index (χ0) is 20.1. The van der Waals surface area contributed by atoms with Gasteiger partial charge in [-0.2, -0.15) is 0 Å². The largest absolute Gasteiger partial charge is 0.456 e. The molecule has 7 heteroatoms. The number of para-hydroxylation sites is 1. The Morgan fingerprint density at radius 2 is 1.89 bits per heavy atom. The molecule has 0 aliphatic rings. The summed E-state index contributed by atoms with van der Waals surface area (Å²) in [6.07, 6.45) is 3.12. The predicted octanol–water partition coefficient (Wildman–Crippen LogP) is 5.26. The van der Waals surface area contributed by atoms with Crippen LogP contribution < -0.4 is 4.90 Å². The maximum atomic E-state index is 12.3. The van der Waals surface area contributed by atoms with E-state index in [1.54, 1.807) is 27.7 Å². The van der Waals surface area contributed by atoms with Crippen molar-refractivity contribution >= 4 is 51.4 Å². The van der Waals surface area contributed by atoms with Gasteiger partial charge in [-0.1, -0.05) is 24.3 Å². The lowest BCUT2D eigenvalue weighted by Crippen LogP contribution is -2.24. The molecule has 0 atom stereocenters. The SMILES string of the molecule is CC(=O)N(c1nc(COC(=O)/C=C/c2cccs2)cs1)c1c(C)cccc1C. The number of carbonyl (C=O) groups is 2. The van der Waals surface area contributed by atoms with Crippen LogP contribution in [-0.2, 0) is 20.9 Å². The third-order valence-electron chi connectivity index (χ3n) is 4.00. The second-order valence-electron chi connectivity index (χ2n) is 6.17. The molecule has 2 aromatic heterocycles. The number of anilines is 2. The van der Waals surface area contributed by atoms with Gasteiger partial charge >= 0.3 is 5.97 Å². The number of hydrogen-bond acceptors (Lipinski definition) is 6. The van der Waals surface area contributed by atoms with Crippen LogP contribution in [0.4, 0.5) is 10.8 Å². The summed E-state index contributed by atoms with van der Waals surface area (Å²) in [5.74, 6) is -0.546. The van der Waals surface area contributed by atoms with Crippen LogP contribution in [0.1, 0.15) is 28.6 Å². The maximum absolute atomic E-state index is 12.3. The Hall–Kier alpha value is -2.77. The number of carbonyl (C=O) groups excluding carboxylic acids is 2. The Balaban J connectivity index is 1.71. The van der Waals surface area contributed by atoms with E-state index in [4.69, 9.17) is 4.74 Å². The van der Waals surface area contributed by atoms with Gasteiger partial charge in [-0.25, -0.2) is 9.78 Å². The summed E-state index contributed by atoms with van der Waals surface area (Å²) in [5, 5.41) is 4.30. The Morgan fingerprint density at radius 1 is 1.14 bits per heavy atom. The Kier molecular flexibility index (Phi) is 6.38. The van der Waals surface area contributed by atoms with Gasteiger partial charge in [-0.3, -0.25) is 9.69 Å². The van der Waals surface area contributed by atoms with Gasteiger partial charge in [0.2, 0.25) is 5.91 Å². The van der Waals surface area contributed by atoms with E-state index in [2.05, 4.69) is 4.98 Å². The normalized spacial score (nSPS) is 11.0. The van der Waals surface area contributed by atoms with Crippen molar-refractivity contribution in [3.8, 4) is 0 Å². The maximum Gasteiger partial charge on any atom is 0.331 e. The fourth-order valence-corrected chi connectivity index (χ4v) is 4.22. The summed E-state index contributed by atoms with van der Waals surface area (Å²) in [7, 11) is 0. The second-order valence-corrected chi connectivity index (χ2v) is 7.99. The average molecular weight is 413 g/mol. The van der Waals surface area contributed by atoms with Crippen molar-refractivity contribution in [1.29, 1.82) is 0 Å². The summed E-state index contributed by atoms with van der Waals surface area (Å²) in [5.41, 5.74) is 3.44. The first kappa shape index (κ1) is 20.0. The van der Waals surface area contributed by atoms with Crippen LogP contribution in [-0.4, -0.2) is 16.9 Å². The van der Waals surface area contributed by atoms with Crippen LogP contribution in [0.2, 0.25) is 0 Å². The van der Waals surface area contributed by atoms with Crippen molar-refractivity contribution in [2.24, 2.45) is 0 Å². The minimum absolute atomic E-state index is 0.0581. The van der Waals surface area contributed by atoms with Crippen molar-refractivity contribution in [2.75, 3.05) is 4.90 Å². The van der Waals surface area contributed by atoms with Gasteiger partial charge in [0.1, 0.15) is 6.61 Å². The highest BCUT2D eigenvalue weighted by Crippen LogP contribution is 2.33. The van der Waals surface area contributed by atoms with E-state index in [0.29, 0.717) is 10.8 Å². The lowest BCUT2D eigenvalue weighted by atomic mass is 10.1. The van der Waals surface area contributed by atoms with E-state index >= 15 is 0 Å². The molecule has 5 nitrogen and oxygen atoms in total. The van der Waals surface area contributed by atoms with Crippen LogP contribution in [0.3, 0.4) is 0 Å². The van der Waals surface area contributed by atoms with Gasteiger partial charge in [0.15, 0.2) is 5.13 Å². The average Bonchev–Trinajstić information content (AvgIpc) is 3.33. The molecule has 0 unspecified atom stereocenters. The Morgan fingerprint density at radius 3 is 2.54 bits per heavy atom. The van der Waals surface area contributed by atoms with Crippen LogP contribution in [0, 0.1) is 13.8 Å². The number of thiazole rings is 1. The minimum atomic E-state index is -0.430. The number of rotatable bonds is 6. The Labute approximate surface area is 171 Å². The summed E-state index contributed by atoms with van der Waals surface area (Å²) in [6.45, 7) is 5.51. The number of nitrogens with zero attached hydrogens (tertiary/aromatic N) is 2. The highest BCUT2D eigenvalue weighted by Gasteiger charge is 2.21. The first-order chi connectivity index (χ1) is 13.5. The molecule has 0 saturated carbocycles. The molecule has 0 saturated heterocycles. The zero-order valence-electron chi connectivity index (χ0n) is 15.8. The van der Waals surface area contributed by atoms with Crippen LogP contribution in [0.15, 0.2) is 47.2 Å². The summed E-state index contributed by atoms with van der Waals surface area (Å²) < 4.78 is 5.25. The van der Waals surface area contributed by atoms with Crippen LogP contribution in [0.25, 0.3) is 6.08 Å². The predicted molar refractivity (Wildman–Crippen MR) is 114 cm³/mol. The number of amides is 1. The quantitative estimate of drug-likeness (QED) is 0.409. The molecule has 3 aromatic rings. The molecule has 0 bridgehead atoms. The number of esters is 1. The monoisotopic (exact) mass is 412 g/mol. The van der Waals surface area contributed by atoms with Crippen molar-refractivity contribution in [3.63, 3.8) is 0 Å². The van der Waals surface area contributed by atoms with Gasteiger partial charge in [0, 0.05) is 23.3 Å². The fraction of sp³-hybridized carbons (Fsp3) is 0.190. The van der Waals surface area contributed by atoms with Gasteiger partial charge in [-0.05, 0) is 42.5 Å². The molecule has 0 spiro atoms. The van der Waals surface area contributed by atoms with Gasteiger partial charge in [-0.15, -0.1) is 22.7 Å². The molecule has 0 fully saturated rings. The molecular formula is C21H20N2O3S2. The van der Waals surface area contributed by atoms with Crippen molar-refractivity contribution in [1.82, 2.24) is 4.98 Å². The third kappa shape index (κ3) is 4.74. The molecular weight excluding hydrogens is 392 g/mol. The zero-order valence-corrected chi connectivity index (χ0v) is 17.5. The standard InChI is InChI=1S/C21H20N2O3S2/c1-14-6-4-7-15(2)20(14)23(16(3)24)21-22-17(13-28-21)12-26-19(25)10-9-18-8-5-11-27-18/h4-11,13H,12H2,1-3H3/b10-9+. The minimum Gasteiger partial charge on any atom is -0.456 e. The third-order valence-corrected chi connectivity index (χ3v) is 5.71. The summed E-state index contributed by atoms with van der Waals surface area (Å²) in [6, 6.07) is 9.74. The highest BCUT2D eigenvalue weighted by molar-refractivity contribution is 7.14. The summed E-state index contributed by atoms with van der Waals surface area (Å²) in [4.78, 5) is 31.3. The number of ether oxygens (including phenoxy) is 1. The topological polar surface area (TPSA) is 59.5 Å². The van der Waals surface area contributed by atoms with E-state index in [-0.39, 0.29) is 12.5 Å². The number of aromatic nitrogens is 1. The number of hydrogen-bond donors (Lipinski definition) is 0. The lowest BCUT2D eigenvalue weighted by Gasteiger charge is -2.22. The van der Waals surface area contributed by atoms with Crippen LogP contribution >= 0.6 is 22.7 Å². The molecule has 0 radical (unpaired) electrons. The second kappa shape index (κ2) is 8.95. The molecule has 2 heterocycles. The van der Waals surface area contributed by atoms with E-state index in [1.807, 2.05) is 49.6 Å². The molecule has 3 rings (SSSR count). The molecule has 1 aromatic carbocycles. The molecule has 28 heavy (non-hydrogen) atoms. The summed E-state index contributed by atoms with van der Waals surface area (Å²) >= 11 is 2.89. The first-order valence-electron chi connectivity index (χ1n) is 8.65. The van der Waals surface area contributed by atoms with Crippen molar-refractivity contribution in [2.45, 2.75) is 27.4 Å². The smallest absolute Gasteiger partial charge is 0.331 e. The fourth-order valence-electron chi connectivity index (χ4n) is 2.74. The van der Waals surface area contributed by atoms with E-state index in [1.165, 1.54) is 24.3 Å². The number of thiophene rings is 1. The molecule has 0 aliphatic heterocycles. The Bertz CT molecular complexity index is 986.